The Hall–Kier alpha value is -2.50. The predicted octanol–water partition coefficient (Wildman–Crippen LogP) is 3.90. The number of H-pyrrole nitrogens is 1. The van der Waals surface area contributed by atoms with Crippen LogP contribution in [-0.2, 0) is 6.42 Å². The van der Waals surface area contributed by atoms with E-state index in [1.165, 1.54) is 17.7 Å². The van der Waals surface area contributed by atoms with Crippen molar-refractivity contribution in [2.45, 2.75) is 25.2 Å². The first kappa shape index (κ1) is 18.8. The molecule has 146 valence electrons. The Morgan fingerprint density at radius 3 is 2.93 bits per heavy atom. The highest BCUT2D eigenvalue weighted by molar-refractivity contribution is 6.00. The van der Waals surface area contributed by atoms with Crippen molar-refractivity contribution in [2.75, 3.05) is 26.2 Å². The van der Waals surface area contributed by atoms with Gasteiger partial charge in [0.05, 0.1) is 12.3 Å². The molecule has 1 aromatic heterocycles. The monoisotopic (exact) mass is 380 g/mol. The number of Topliss-reactive ketones (excluding diaryl/α,β-unsaturated/α-hetero) is 1. The predicted molar refractivity (Wildman–Crippen MR) is 108 cm³/mol. The maximum Gasteiger partial charge on any atom is 0.183 e. The van der Waals surface area contributed by atoms with Gasteiger partial charge in [-0.1, -0.05) is 18.2 Å². The summed E-state index contributed by atoms with van der Waals surface area (Å²) in [4.78, 5) is 18.1. The molecule has 0 radical (unpaired) electrons. The van der Waals surface area contributed by atoms with Crippen molar-refractivity contribution in [2.24, 2.45) is 0 Å². The van der Waals surface area contributed by atoms with Crippen LogP contribution in [0.3, 0.4) is 0 Å². The highest BCUT2D eigenvalue weighted by Gasteiger charge is 2.21. The van der Waals surface area contributed by atoms with Crippen molar-refractivity contribution in [3.63, 3.8) is 0 Å². The maximum atomic E-state index is 13.3. The molecule has 4 rings (SSSR count). The summed E-state index contributed by atoms with van der Waals surface area (Å²) in [5.41, 5.74) is 3.45. The quantitative estimate of drug-likeness (QED) is 0.638. The summed E-state index contributed by atoms with van der Waals surface area (Å²) in [5, 5.41) is 10.2. The van der Waals surface area contributed by atoms with Crippen LogP contribution >= 0.6 is 0 Å². The summed E-state index contributed by atoms with van der Waals surface area (Å²) >= 11 is 0. The fourth-order valence-corrected chi connectivity index (χ4v) is 4.15. The largest absolute Gasteiger partial charge is 0.395 e. The molecule has 1 aliphatic heterocycles. The van der Waals surface area contributed by atoms with Gasteiger partial charge in [0, 0.05) is 30.4 Å². The average molecular weight is 380 g/mol. The molecule has 4 nitrogen and oxygen atoms in total. The van der Waals surface area contributed by atoms with Gasteiger partial charge in [-0.15, -0.1) is 0 Å². The van der Waals surface area contributed by atoms with Crippen molar-refractivity contribution in [3.05, 3.63) is 71.2 Å². The minimum Gasteiger partial charge on any atom is -0.395 e. The summed E-state index contributed by atoms with van der Waals surface area (Å²) in [6.45, 7) is 2.92. The van der Waals surface area contributed by atoms with Crippen LogP contribution in [0.25, 0.3) is 10.9 Å². The Bertz CT molecular complexity index is 980. The third-order valence-corrected chi connectivity index (χ3v) is 5.59. The molecular weight excluding hydrogens is 355 g/mol. The number of ketones is 1. The van der Waals surface area contributed by atoms with E-state index >= 15 is 0 Å². The summed E-state index contributed by atoms with van der Waals surface area (Å²) in [6, 6.07) is 14.4. The number of aromatic nitrogens is 1. The van der Waals surface area contributed by atoms with Crippen LogP contribution in [0.4, 0.5) is 4.39 Å². The van der Waals surface area contributed by atoms with E-state index in [2.05, 4.69) is 22.0 Å². The number of carbonyl (C=O) groups is 1. The summed E-state index contributed by atoms with van der Waals surface area (Å²) in [6.07, 6.45) is 2.45. The number of carbonyl (C=O) groups excluding carboxylic acids is 1. The number of benzene rings is 2. The van der Waals surface area contributed by atoms with Gasteiger partial charge in [-0.3, -0.25) is 4.79 Å². The van der Waals surface area contributed by atoms with Crippen LogP contribution in [0.15, 0.2) is 48.5 Å². The molecule has 5 heteroatoms. The number of piperidine rings is 1. The number of hydrogen-bond acceptors (Lipinski definition) is 3. The lowest BCUT2D eigenvalue weighted by molar-refractivity contribution is 0.0989. The topological polar surface area (TPSA) is 56.3 Å². The number of rotatable bonds is 6. The standard InChI is InChI=1S/C23H25FN2O2/c24-20-5-1-3-16(11-20)12-23(28)22-14-19-13-17(6-7-21(19)25-22)18-4-2-8-26(15-18)9-10-27/h1,3,5-7,11,13-14,18,25,27H,2,4,8-10,12,15H2/t18-/m0/s1. The van der Waals surface area contributed by atoms with E-state index in [0.717, 1.165) is 43.4 Å². The van der Waals surface area contributed by atoms with Gasteiger partial charge in [-0.2, -0.15) is 0 Å². The first-order valence-electron chi connectivity index (χ1n) is 9.86. The van der Waals surface area contributed by atoms with Gasteiger partial charge in [-0.25, -0.2) is 4.39 Å². The van der Waals surface area contributed by atoms with Crippen LogP contribution in [0.1, 0.15) is 40.4 Å². The zero-order valence-electron chi connectivity index (χ0n) is 15.8. The van der Waals surface area contributed by atoms with E-state index in [1.54, 1.807) is 12.1 Å². The third kappa shape index (κ3) is 4.16. The van der Waals surface area contributed by atoms with Gasteiger partial charge in [-0.05, 0) is 66.8 Å². The zero-order chi connectivity index (χ0) is 19.5. The van der Waals surface area contributed by atoms with Gasteiger partial charge >= 0.3 is 0 Å². The number of aliphatic hydroxyl groups excluding tert-OH is 1. The number of halogens is 1. The van der Waals surface area contributed by atoms with Gasteiger partial charge in [0.2, 0.25) is 0 Å². The molecular formula is C23H25FN2O2. The molecule has 1 atom stereocenters. The van der Waals surface area contributed by atoms with Crippen LogP contribution in [0.2, 0.25) is 0 Å². The van der Waals surface area contributed by atoms with Crippen molar-refractivity contribution in [3.8, 4) is 0 Å². The van der Waals surface area contributed by atoms with E-state index in [1.807, 2.05) is 12.1 Å². The van der Waals surface area contributed by atoms with E-state index in [9.17, 15) is 14.3 Å². The average Bonchev–Trinajstić information content (AvgIpc) is 3.12. The van der Waals surface area contributed by atoms with Crippen LogP contribution in [0, 0.1) is 5.82 Å². The highest BCUT2D eigenvalue weighted by atomic mass is 19.1. The first-order chi connectivity index (χ1) is 13.6. The summed E-state index contributed by atoms with van der Waals surface area (Å²) in [5.74, 6) is 0.0792. The first-order valence-corrected chi connectivity index (χ1v) is 9.86. The van der Waals surface area contributed by atoms with Crippen LogP contribution in [0.5, 0.6) is 0 Å². The van der Waals surface area contributed by atoms with E-state index < -0.39 is 0 Å². The number of aliphatic hydroxyl groups is 1. The molecule has 0 spiro atoms. The zero-order valence-corrected chi connectivity index (χ0v) is 15.8. The lowest BCUT2D eigenvalue weighted by Crippen LogP contribution is -2.36. The lowest BCUT2D eigenvalue weighted by Gasteiger charge is -2.32. The Morgan fingerprint density at radius 2 is 2.11 bits per heavy atom. The molecule has 0 unspecified atom stereocenters. The number of nitrogens with one attached hydrogen (secondary N) is 1. The maximum absolute atomic E-state index is 13.3. The second-order valence-electron chi connectivity index (χ2n) is 7.62. The number of nitrogens with zero attached hydrogens (tertiary/aromatic N) is 1. The van der Waals surface area contributed by atoms with Crippen molar-refractivity contribution in [1.82, 2.24) is 9.88 Å². The van der Waals surface area contributed by atoms with E-state index in [-0.39, 0.29) is 24.6 Å². The molecule has 2 N–H and O–H groups in total. The number of hydrogen-bond donors (Lipinski definition) is 2. The lowest BCUT2D eigenvalue weighted by atomic mass is 9.90. The summed E-state index contributed by atoms with van der Waals surface area (Å²) < 4.78 is 13.3. The number of aromatic amines is 1. The molecule has 28 heavy (non-hydrogen) atoms. The number of likely N-dealkylation sites (tertiary alicyclic amines) is 1. The minimum absolute atomic E-state index is 0.0462. The molecule has 0 amide bonds. The Morgan fingerprint density at radius 1 is 1.21 bits per heavy atom. The Balaban J connectivity index is 1.52. The normalized spacial score (nSPS) is 17.9. The molecule has 0 aliphatic carbocycles. The van der Waals surface area contributed by atoms with Gasteiger partial charge in [0.1, 0.15) is 5.82 Å². The molecule has 3 aromatic rings. The number of β-amino-alcohol motifs (C(OH)–C–C–N with tert-alkyl or cyclic N) is 1. The SMILES string of the molecule is O=C(Cc1cccc(F)c1)c1cc2cc([C@H]3CCCN(CCO)C3)ccc2[nH]1. The highest BCUT2D eigenvalue weighted by Crippen LogP contribution is 2.29. The molecule has 1 fully saturated rings. The van der Waals surface area contributed by atoms with Gasteiger partial charge in [0.25, 0.3) is 0 Å². The number of fused-ring (bicyclic) bond motifs is 1. The van der Waals surface area contributed by atoms with Gasteiger partial charge < -0.3 is 15.0 Å². The molecule has 0 saturated carbocycles. The molecule has 2 aromatic carbocycles. The third-order valence-electron chi connectivity index (χ3n) is 5.59. The fourth-order valence-electron chi connectivity index (χ4n) is 4.15. The van der Waals surface area contributed by atoms with E-state index in [0.29, 0.717) is 17.2 Å². The molecule has 2 heterocycles. The minimum atomic E-state index is -0.325. The van der Waals surface area contributed by atoms with Crippen molar-refractivity contribution < 1.29 is 14.3 Å². The van der Waals surface area contributed by atoms with Gasteiger partial charge in [0.15, 0.2) is 5.78 Å². The van der Waals surface area contributed by atoms with E-state index in [4.69, 9.17) is 0 Å². The second-order valence-corrected chi connectivity index (χ2v) is 7.62. The Kier molecular flexibility index (Phi) is 5.55. The van der Waals surface area contributed by atoms with Crippen LogP contribution in [-0.4, -0.2) is 47.0 Å². The fraction of sp³-hybridized carbons (Fsp3) is 0.348. The Labute approximate surface area is 164 Å². The molecule has 1 saturated heterocycles. The smallest absolute Gasteiger partial charge is 0.183 e. The van der Waals surface area contributed by atoms with Crippen molar-refractivity contribution in [1.29, 1.82) is 0 Å². The molecule has 1 aliphatic rings. The molecule has 0 bridgehead atoms. The second kappa shape index (κ2) is 8.25. The van der Waals surface area contributed by atoms with Crippen molar-refractivity contribution >= 4 is 16.7 Å². The van der Waals surface area contributed by atoms with Crippen LogP contribution < -0.4 is 0 Å². The summed E-state index contributed by atoms with van der Waals surface area (Å²) in [7, 11) is 0.